The maximum atomic E-state index is 11.2. The van der Waals surface area contributed by atoms with Crippen molar-refractivity contribution < 1.29 is 14.3 Å². The fourth-order valence-corrected chi connectivity index (χ4v) is 2.61. The Balaban J connectivity index is 2.46. The van der Waals surface area contributed by atoms with Gasteiger partial charge in [0.15, 0.2) is 0 Å². The SMILES string of the molecule is C=COC(=O)CO[C@@H]1C[C@H](C)CC[C@H]1C(C)C. The zero-order chi connectivity index (χ0) is 12.8. The van der Waals surface area contributed by atoms with E-state index < -0.39 is 0 Å². The first-order chi connectivity index (χ1) is 8.04. The smallest absolute Gasteiger partial charge is 0.336 e. The van der Waals surface area contributed by atoms with Gasteiger partial charge in [-0.1, -0.05) is 33.8 Å². The van der Waals surface area contributed by atoms with Gasteiger partial charge in [0.1, 0.15) is 6.61 Å². The average molecular weight is 240 g/mol. The number of carbonyl (C=O) groups excluding carboxylic acids is 1. The minimum absolute atomic E-state index is 0.0344. The highest BCUT2D eigenvalue weighted by Crippen LogP contribution is 2.35. The number of ether oxygens (including phenoxy) is 2. The zero-order valence-corrected chi connectivity index (χ0v) is 11.1. The van der Waals surface area contributed by atoms with Crippen LogP contribution in [0.4, 0.5) is 0 Å². The first-order valence-electron chi connectivity index (χ1n) is 6.46. The molecule has 0 N–H and O–H groups in total. The maximum absolute atomic E-state index is 11.2. The van der Waals surface area contributed by atoms with Crippen molar-refractivity contribution in [3.05, 3.63) is 12.8 Å². The second-order valence-corrected chi connectivity index (χ2v) is 5.33. The van der Waals surface area contributed by atoms with Gasteiger partial charge in [0, 0.05) is 0 Å². The Labute approximate surface area is 104 Å². The maximum Gasteiger partial charge on any atom is 0.336 e. The number of hydrogen-bond acceptors (Lipinski definition) is 3. The highest BCUT2D eigenvalue weighted by atomic mass is 16.6. The second kappa shape index (κ2) is 6.80. The fourth-order valence-electron chi connectivity index (χ4n) is 2.61. The number of carbonyl (C=O) groups is 1. The van der Waals surface area contributed by atoms with Crippen molar-refractivity contribution in [3.63, 3.8) is 0 Å². The first-order valence-corrected chi connectivity index (χ1v) is 6.46. The third kappa shape index (κ3) is 4.50. The molecule has 3 heteroatoms. The van der Waals surface area contributed by atoms with Crippen LogP contribution in [0.15, 0.2) is 12.8 Å². The molecule has 3 nitrogen and oxygen atoms in total. The van der Waals surface area contributed by atoms with E-state index in [4.69, 9.17) is 4.74 Å². The molecule has 0 unspecified atom stereocenters. The number of esters is 1. The van der Waals surface area contributed by atoms with Gasteiger partial charge >= 0.3 is 5.97 Å². The molecule has 0 amide bonds. The van der Waals surface area contributed by atoms with E-state index in [1.807, 2.05) is 0 Å². The van der Waals surface area contributed by atoms with Crippen molar-refractivity contribution >= 4 is 5.97 Å². The molecule has 1 saturated carbocycles. The summed E-state index contributed by atoms with van der Waals surface area (Å²) in [7, 11) is 0. The molecule has 0 spiro atoms. The van der Waals surface area contributed by atoms with Crippen molar-refractivity contribution in [2.45, 2.75) is 46.1 Å². The molecule has 0 bridgehead atoms. The number of hydrogen-bond donors (Lipinski definition) is 0. The molecule has 0 aromatic carbocycles. The molecular weight excluding hydrogens is 216 g/mol. The molecule has 1 aliphatic carbocycles. The predicted molar refractivity (Wildman–Crippen MR) is 67.4 cm³/mol. The largest absolute Gasteiger partial charge is 0.433 e. The third-order valence-corrected chi connectivity index (χ3v) is 3.59. The molecule has 0 radical (unpaired) electrons. The highest BCUT2D eigenvalue weighted by Gasteiger charge is 2.31. The van der Waals surface area contributed by atoms with Crippen molar-refractivity contribution in [1.29, 1.82) is 0 Å². The Morgan fingerprint density at radius 1 is 1.47 bits per heavy atom. The molecule has 0 aromatic rings. The molecule has 0 heterocycles. The van der Waals surface area contributed by atoms with Gasteiger partial charge in [0.25, 0.3) is 0 Å². The molecule has 1 fully saturated rings. The Hall–Kier alpha value is -0.830. The Morgan fingerprint density at radius 2 is 2.18 bits per heavy atom. The van der Waals surface area contributed by atoms with Gasteiger partial charge in [0.2, 0.25) is 0 Å². The van der Waals surface area contributed by atoms with Crippen LogP contribution in [-0.2, 0) is 14.3 Å². The predicted octanol–water partition coefficient (Wildman–Crippen LogP) is 3.15. The molecule has 0 saturated heterocycles. The van der Waals surface area contributed by atoms with Crippen LogP contribution < -0.4 is 0 Å². The van der Waals surface area contributed by atoms with Crippen molar-refractivity contribution in [1.82, 2.24) is 0 Å². The summed E-state index contributed by atoms with van der Waals surface area (Å²) < 4.78 is 10.4. The molecule has 0 aliphatic heterocycles. The first kappa shape index (κ1) is 14.2. The van der Waals surface area contributed by atoms with E-state index in [0.29, 0.717) is 17.8 Å². The second-order valence-electron chi connectivity index (χ2n) is 5.33. The lowest BCUT2D eigenvalue weighted by Crippen LogP contribution is -2.35. The van der Waals surface area contributed by atoms with Gasteiger partial charge in [-0.2, -0.15) is 0 Å². The number of rotatable bonds is 5. The molecule has 3 atom stereocenters. The van der Waals surface area contributed by atoms with Crippen LogP contribution in [-0.4, -0.2) is 18.7 Å². The van der Waals surface area contributed by atoms with E-state index in [-0.39, 0.29) is 18.7 Å². The van der Waals surface area contributed by atoms with Crippen molar-refractivity contribution in [2.24, 2.45) is 17.8 Å². The minimum Gasteiger partial charge on any atom is -0.433 e. The molecule has 1 aliphatic rings. The monoisotopic (exact) mass is 240 g/mol. The summed E-state index contributed by atoms with van der Waals surface area (Å²) in [5, 5.41) is 0. The van der Waals surface area contributed by atoms with E-state index in [1.165, 1.54) is 12.8 Å². The average Bonchev–Trinajstić information content (AvgIpc) is 2.26. The van der Waals surface area contributed by atoms with Crippen LogP contribution in [0, 0.1) is 17.8 Å². The Kier molecular flexibility index (Phi) is 5.69. The summed E-state index contributed by atoms with van der Waals surface area (Å²) in [4.78, 5) is 11.2. The molecule has 0 aromatic heterocycles. The quantitative estimate of drug-likeness (QED) is 0.547. The molecule has 1 rings (SSSR count). The van der Waals surface area contributed by atoms with E-state index in [2.05, 4.69) is 32.1 Å². The van der Waals surface area contributed by atoms with E-state index in [0.717, 1.165) is 12.7 Å². The van der Waals surface area contributed by atoms with Crippen LogP contribution in [0.3, 0.4) is 0 Å². The van der Waals surface area contributed by atoms with E-state index in [9.17, 15) is 4.79 Å². The van der Waals surface area contributed by atoms with Gasteiger partial charge in [0.05, 0.1) is 12.4 Å². The third-order valence-electron chi connectivity index (χ3n) is 3.59. The highest BCUT2D eigenvalue weighted by molar-refractivity contribution is 5.71. The fraction of sp³-hybridized carbons (Fsp3) is 0.786. The summed E-state index contributed by atoms with van der Waals surface area (Å²) in [5.74, 6) is 1.48. The van der Waals surface area contributed by atoms with E-state index in [1.54, 1.807) is 0 Å². The Morgan fingerprint density at radius 3 is 2.76 bits per heavy atom. The topological polar surface area (TPSA) is 35.5 Å². The summed E-state index contributed by atoms with van der Waals surface area (Å²) in [5.41, 5.74) is 0. The lowest BCUT2D eigenvalue weighted by molar-refractivity contribution is -0.148. The summed E-state index contributed by atoms with van der Waals surface area (Å²) in [6.45, 7) is 10.1. The summed E-state index contributed by atoms with van der Waals surface area (Å²) >= 11 is 0. The van der Waals surface area contributed by atoms with Gasteiger partial charge in [-0.3, -0.25) is 0 Å². The van der Waals surface area contributed by atoms with E-state index >= 15 is 0 Å². The van der Waals surface area contributed by atoms with Crippen LogP contribution in [0.1, 0.15) is 40.0 Å². The van der Waals surface area contributed by atoms with Crippen LogP contribution in [0.5, 0.6) is 0 Å². The van der Waals surface area contributed by atoms with Crippen LogP contribution >= 0.6 is 0 Å². The molecule has 98 valence electrons. The lowest BCUT2D eigenvalue weighted by atomic mass is 9.75. The van der Waals surface area contributed by atoms with Gasteiger partial charge in [-0.15, -0.1) is 0 Å². The van der Waals surface area contributed by atoms with Gasteiger partial charge < -0.3 is 9.47 Å². The van der Waals surface area contributed by atoms with Crippen LogP contribution in [0.25, 0.3) is 0 Å². The zero-order valence-electron chi connectivity index (χ0n) is 11.1. The van der Waals surface area contributed by atoms with Crippen LogP contribution in [0.2, 0.25) is 0 Å². The molecule has 17 heavy (non-hydrogen) atoms. The summed E-state index contributed by atoms with van der Waals surface area (Å²) in [6, 6.07) is 0. The lowest BCUT2D eigenvalue weighted by Gasteiger charge is -2.36. The Bertz CT molecular complexity index is 260. The van der Waals surface area contributed by atoms with Crippen molar-refractivity contribution in [3.8, 4) is 0 Å². The summed E-state index contributed by atoms with van der Waals surface area (Å²) in [6.07, 6.45) is 4.84. The van der Waals surface area contributed by atoms with Crippen molar-refractivity contribution in [2.75, 3.05) is 6.61 Å². The van der Waals surface area contributed by atoms with Gasteiger partial charge in [-0.25, -0.2) is 4.79 Å². The standard InChI is InChI=1S/C14H24O3/c1-5-16-14(15)9-17-13-8-11(4)6-7-12(13)10(2)3/h5,10-13H,1,6-9H2,2-4H3/t11-,12+,13-/m1/s1. The van der Waals surface area contributed by atoms with Gasteiger partial charge in [-0.05, 0) is 30.6 Å². The minimum atomic E-state index is -0.360. The molecular formula is C14H24O3. The normalized spacial score (nSPS) is 29.1.